The van der Waals surface area contributed by atoms with E-state index in [0.29, 0.717) is 12.1 Å². The molecule has 3 rings (SSSR count). The fourth-order valence-corrected chi connectivity index (χ4v) is 4.10. The quantitative estimate of drug-likeness (QED) is 0.452. The van der Waals surface area contributed by atoms with E-state index >= 15 is 0 Å². The fraction of sp³-hybridized carbons (Fsp3) is 0.100. The molecule has 0 unspecified atom stereocenters. The van der Waals surface area contributed by atoms with E-state index in [-0.39, 0.29) is 15.8 Å². The van der Waals surface area contributed by atoms with Crippen molar-refractivity contribution in [1.29, 1.82) is 5.41 Å². The lowest BCUT2D eigenvalue weighted by Crippen LogP contribution is -2.29. The van der Waals surface area contributed by atoms with Crippen molar-refractivity contribution in [3.8, 4) is 0 Å². The standard InChI is InChI=1S/C20H19FN4O2S/c1-14-2-5-16(21)12-19(14)28(26,27)18-6-3-15(4-7-18)13-24-20(22)25-17-8-10-23-11-9-17/h2-12H,13H2,1H3,(H3,22,23,24,25). The maximum atomic E-state index is 13.5. The molecule has 0 aliphatic heterocycles. The Bertz CT molecular complexity index is 1080. The highest BCUT2D eigenvalue weighted by Gasteiger charge is 2.20. The molecule has 0 aliphatic rings. The number of halogens is 1. The summed E-state index contributed by atoms with van der Waals surface area (Å²) in [4.78, 5) is 3.96. The van der Waals surface area contributed by atoms with Crippen LogP contribution in [-0.4, -0.2) is 19.4 Å². The number of rotatable bonds is 5. The Hall–Kier alpha value is -3.26. The molecular weight excluding hydrogens is 379 g/mol. The number of aryl methyl sites for hydroxylation is 1. The van der Waals surface area contributed by atoms with Crippen LogP contribution in [0.4, 0.5) is 10.1 Å². The summed E-state index contributed by atoms with van der Waals surface area (Å²) in [6, 6.07) is 13.5. The van der Waals surface area contributed by atoms with E-state index in [4.69, 9.17) is 5.41 Å². The van der Waals surface area contributed by atoms with Gasteiger partial charge in [-0.3, -0.25) is 10.4 Å². The van der Waals surface area contributed by atoms with Crippen molar-refractivity contribution in [3.63, 3.8) is 0 Å². The van der Waals surface area contributed by atoms with Crippen LogP contribution in [0.1, 0.15) is 11.1 Å². The van der Waals surface area contributed by atoms with Crippen LogP contribution >= 0.6 is 0 Å². The van der Waals surface area contributed by atoms with E-state index < -0.39 is 15.7 Å². The molecule has 3 aromatic rings. The third kappa shape index (κ3) is 4.52. The van der Waals surface area contributed by atoms with E-state index in [9.17, 15) is 12.8 Å². The first kappa shape index (κ1) is 19.5. The fourth-order valence-electron chi connectivity index (χ4n) is 2.59. The predicted octanol–water partition coefficient (Wildman–Crippen LogP) is 3.50. The average molecular weight is 398 g/mol. The van der Waals surface area contributed by atoms with Gasteiger partial charge in [-0.1, -0.05) is 18.2 Å². The van der Waals surface area contributed by atoms with E-state index in [1.807, 2.05) is 0 Å². The molecule has 0 spiro atoms. The van der Waals surface area contributed by atoms with Crippen LogP contribution in [0.15, 0.2) is 76.8 Å². The number of aromatic nitrogens is 1. The van der Waals surface area contributed by atoms with E-state index in [1.54, 1.807) is 43.6 Å². The second-order valence-electron chi connectivity index (χ2n) is 6.15. The van der Waals surface area contributed by atoms with Gasteiger partial charge in [0.2, 0.25) is 9.84 Å². The highest BCUT2D eigenvalue weighted by atomic mass is 32.2. The van der Waals surface area contributed by atoms with Crippen LogP contribution in [0.5, 0.6) is 0 Å². The molecule has 1 aromatic heterocycles. The summed E-state index contributed by atoms with van der Waals surface area (Å²) >= 11 is 0. The molecule has 0 amide bonds. The third-order valence-corrected chi connectivity index (χ3v) is 6.00. The first-order valence-corrected chi connectivity index (χ1v) is 9.94. The van der Waals surface area contributed by atoms with Gasteiger partial charge < -0.3 is 10.6 Å². The third-order valence-electron chi connectivity index (χ3n) is 4.09. The van der Waals surface area contributed by atoms with Crippen molar-refractivity contribution in [1.82, 2.24) is 10.3 Å². The van der Waals surface area contributed by atoms with Crippen molar-refractivity contribution >= 4 is 21.5 Å². The number of benzene rings is 2. The zero-order chi connectivity index (χ0) is 20.1. The highest BCUT2D eigenvalue weighted by Crippen LogP contribution is 2.25. The minimum atomic E-state index is -3.80. The topological polar surface area (TPSA) is 94.9 Å². The minimum absolute atomic E-state index is 0.0401. The van der Waals surface area contributed by atoms with Crippen LogP contribution in [0.25, 0.3) is 0 Å². The maximum absolute atomic E-state index is 13.5. The van der Waals surface area contributed by atoms with Gasteiger partial charge in [-0.2, -0.15) is 0 Å². The summed E-state index contributed by atoms with van der Waals surface area (Å²) < 4.78 is 39.0. The number of hydrogen-bond acceptors (Lipinski definition) is 4. The summed E-state index contributed by atoms with van der Waals surface area (Å²) in [6.07, 6.45) is 3.24. The first-order chi connectivity index (χ1) is 13.4. The minimum Gasteiger partial charge on any atom is -0.352 e. The molecule has 28 heavy (non-hydrogen) atoms. The Morgan fingerprint density at radius 1 is 1.07 bits per heavy atom. The zero-order valence-electron chi connectivity index (χ0n) is 15.1. The molecule has 0 atom stereocenters. The predicted molar refractivity (Wildman–Crippen MR) is 105 cm³/mol. The number of sulfone groups is 1. The second kappa shape index (κ2) is 8.18. The van der Waals surface area contributed by atoms with Gasteiger partial charge in [-0.05, 0) is 54.4 Å². The first-order valence-electron chi connectivity index (χ1n) is 8.46. The lowest BCUT2D eigenvalue weighted by atomic mass is 10.2. The zero-order valence-corrected chi connectivity index (χ0v) is 15.9. The molecular formula is C20H19FN4O2S. The molecule has 0 saturated carbocycles. The normalized spacial score (nSPS) is 11.1. The molecule has 8 heteroatoms. The largest absolute Gasteiger partial charge is 0.352 e. The molecule has 3 N–H and O–H groups in total. The number of nitrogens with zero attached hydrogens (tertiary/aromatic N) is 1. The molecule has 2 aromatic carbocycles. The highest BCUT2D eigenvalue weighted by molar-refractivity contribution is 7.91. The Morgan fingerprint density at radius 2 is 1.75 bits per heavy atom. The Kier molecular flexibility index (Phi) is 5.70. The lowest BCUT2D eigenvalue weighted by molar-refractivity contribution is 0.589. The van der Waals surface area contributed by atoms with Crippen LogP contribution in [0.3, 0.4) is 0 Å². The van der Waals surface area contributed by atoms with Gasteiger partial charge in [-0.25, -0.2) is 12.8 Å². The number of nitrogens with one attached hydrogen (secondary N) is 3. The van der Waals surface area contributed by atoms with Crippen molar-refractivity contribution in [2.45, 2.75) is 23.3 Å². The average Bonchev–Trinajstić information content (AvgIpc) is 2.69. The van der Waals surface area contributed by atoms with Crippen molar-refractivity contribution < 1.29 is 12.8 Å². The summed E-state index contributed by atoms with van der Waals surface area (Å²) in [5.74, 6) is -0.483. The van der Waals surface area contributed by atoms with E-state index in [0.717, 1.165) is 17.3 Å². The number of hydrogen-bond donors (Lipinski definition) is 3. The van der Waals surface area contributed by atoms with Gasteiger partial charge in [0, 0.05) is 24.6 Å². The van der Waals surface area contributed by atoms with Crippen LogP contribution in [0, 0.1) is 18.2 Å². The molecule has 0 radical (unpaired) electrons. The van der Waals surface area contributed by atoms with Gasteiger partial charge in [-0.15, -0.1) is 0 Å². The molecule has 6 nitrogen and oxygen atoms in total. The van der Waals surface area contributed by atoms with Gasteiger partial charge in [0.25, 0.3) is 0 Å². The Balaban J connectivity index is 1.68. The van der Waals surface area contributed by atoms with Crippen LogP contribution in [0.2, 0.25) is 0 Å². The van der Waals surface area contributed by atoms with Crippen LogP contribution in [-0.2, 0) is 16.4 Å². The molecule has 0 fully saturated rings. The monoisotopic (exact) mass is 398 g/mol. The van der Waals surface area contributed by atoms with Gasteiger partial charge in [0.1, 0.15) is 5.82 Å². The summed E-state index contributed by atoms with van der Waals surface area (Å²) in [5, 5.41) is 13.7. The summed E-state index contributed by atoms with van der Waals surface area (Å²) in [5.41, 5.74) is 2.03. The molecule has 144 valence electrons. The second-order valence-corrected chi connectivity index (χ2v) is 8.06. The van der Waals surface area contributed by atoms with E-state index in [2.05, 4.69) is 15.6 Å². The maximum Gasteiger partial charge on any atom is 0.206 e. The summed E-state index contributed by atoms with van der Waals surface area (Å²) in [7, 11) is -3.80. The summed E-state index contributed by atoms with van der Waals surface area (Å²) in [6.45, 7) is 1.97. The van der Waals surface area contributed by atoms with Crippen molar-refractivity contribution in [3.05, 3.63) is 83.9 Å². The number of anilines is 1. The number of guanidine groups is 1. The van der Waals surface area contributed by atoms with E-state index in [1.165, 1.54) is 24.3 Å². The number of pyridine rings is 1. The Labute approximate surface area is 162 Å². The van der Waals surface area contributed by atoms with Crippen molar-refractivity contribution in [2.75, 3.05) is 5.32 Å². The molecule has 0 saturated heterocycles. The van der Waals surface area contributed by atoms with Gasteiger partial charge >= 0.3 is 0 Å². The molecule has 1 heterocycles. The van der Waals surface area contributed by atoms with Gasteiger partial charge in [0.05, 0.1) is 9.79 Å². The Morgan fingerprint density at radius 3 is 2.43 bits per heavy atom. The van der Waals surface area contributed by atoms with Crippen LogP contribution < -0.4 is 10.6 Å². The lowest BCUT2D eigenvalue weighted by Gasteiger charge is -2.11. The molecule has 0 aliphatic carbocycles. The molecule has 0 bridgehead atoms. The smallest absolute Gasteiger partial charge is 0.206 e. The van der Waals surface area contributed by atoms with Gasteiger partial charge in [0.15, 0.2) is 5.96 Å². The SMILES string of the molecule is Cc1ccc(F)cc1S(=O)(=O)c1ccc(CNC(=N)Nc2ccncc2)cc1. The van der Waals surface area contributed by atoms with Crippen molar-refractivity contribution in [2.24, 2.45) is 0 Å².